The number of hydrogen-bond donors (Lipinski definition) is 2. The van der Waals surface area contributed by atoms with Gasteiger partial charge in [0.1, 0.15) is 11.6 Å². The minimum atomic E-state index is -0.316. The summed E-state index contributed by atoms with van der Waals surface area (Å²) in [6.07, 6.45) is 6.27. The van der Waals surface area contributed by atoms with Crippen molar-refractivity contribution < 1.29 is 9.59 Å². The van der Waals surface area contributed by atoms with Crippen LogP contribution in [0.4, 0.5) is 11.6 Å². The van der Waals surface area contributed by atoms with Crippen LogP contribution in [0.3, 0.4) is 0 Å². The number of carbonyl (C=O) groups excluding carboxylic acids is 2. The quantitative estimate of drug-likeness (QED) is 0.392. The lowest BCUT2D eigenvalue weighted by Gasteiger charge is -2.05. The number of nitrogens with zero attached hydrogens (tertiary/aromatic N) is 1. The monoisotopic (exact) mass is 525 g/mol. The Bertz CT molecular complexity index is 1010. The molecule has 0 spiro atoms. The van der Waals surface area contributed by atoms with Crippen molar-refractivity contribution in [1.82, 2.24) is 4.98 Å². The molecule has 0 unspecified atom stereocenters. The zero-order valence-corrected chi connectivity index (χ0v) is 18.9. The van der Waals surface area contributed by atoms with Crippen LogP contribution in [0.25, 0.3) is 12.2 Å². The molecule has 150 valence electrons. The van der Waals surface area contributed by atoms with Crippen LogP contribution in [0, 0.1) is 0 Å². The first kappa shape index (κ1) is 21.7. The number of aromatic nitrogens is 1. The van der Waals surface area contributed by atoms with Gasteiger partial charge >= 0.3 is 0 Å². The Morgan fingerprint density at radius 3 is 1.47 bits per heavy atom. The van der Waals surface area contributed by atoms with E-state index in [0.717, 1.165) is 20.1 Å². The Morgan fingerprint density at radius 1 is 0.667 bits per heavy atom. The molecule has 0 aliphatic carbocycles. The summed E-state index contributed by atoms with van der Waals surface area (Å²) in [5, 5.41) is 5.36. The van der Waals surface area contributed by atoms with Crippen LogP contribution in [0.5, 0.6) is 0 Å². The van der Waals surface area contributed by atoms with E-state index < -0.39 is 0 Å². The van der Waals surface area contributed by atoms with Gasteiger partial charge in [0.25, 0.3) is 0 Å². The van der Waals surface area contributed by atoms with E-state index in [4.69, 9.17) is 0 Å². The van der Waals surface area contributed by atoms with E-state index in [1.165, 1.54) is 12.2 Å². The van der Waals surface area contributed by atoms with Crippen molar-refractivity contribution in [2.45, 2.75) is 0 Å². The molecule has 7 heteroatoms. The van der Waals surface area contributed by atoms with Crippen molar-refractivity contribution in [2.24, 2.45) is 0 Å². The highest BCUT2D eigenvalue weighted by atomic mass is 79.9. The third-order valence-electron chi connectivity index (χ3n) is 3.85. The molecule has 1 heterocycles. The van der Waals surface area contributed by atoms with E-state index in [1.54, 1.807) is 30.4 Å². The van der Waals surface area contributed by atoms with Gasteiger partial charge in [-0.25, -0.2) is 4.98 Å². The molecule has 0 bridgehead atoms. The Hall–Kier alpha value is -3.03. The van der Waals surface area contributed by atoms with Crippen LogP contribution in [-0.4, -0.2) is 16.8 Å². The van der Waals surface area contributed by atoms with Gasteiger partial charge in [-0.3, -0.25) is 9.59 Å². The van der Waals surface area contributed by atoms with E-state index in [9.17, 15) is 9.59 Å². The number of pyridine rings is 1. The number of benzene rings is 2. The molecule has 3 rings (SSSR count). The minimum absolute atomic E-state index is 0.316. The second kappa shape index (κ2) is 10.7. The molecule has 0 atom stereocenters. The lowest BCUT2D eigenvalue weighted by Crippen LogP contribution is -2.12. The SMILES string of the molecule is O=C(/C=C/c1ccc(Br)cc1)Nc1cccc(NC(=O)/C=C/c2ccc(Br)cc2)n1. The molecule has 2 aromatic carbocycles. The molecule has 5 nitrogen and oxygen atoms in total. The Labute approximate surface area is 191 Å². The van der Waals surface area contributed by atoms with E-state index in [-0.39, 0.29) is 11.8 Å². The molecule has 2 N–H and O–H groups in total. The lowest BCUT2D eigenvalue weighted by molar-refractivity contribution is -0.112. The first-order chi connectivity index (χ1) is 14.5. The van der Waals surface area contributed by atoms with Crippen molar-refractivity contribution >= 4 is 67.5 Å². The molecule has 2 amide bonds. The van der Waals surface area contributed by atoms with Crippen molar-refractivity contribution in [3.63, 3.8) is 0 Å². The summed E-state index contributed by atoms with van der Waals surface area (Å²) in [7, 11) is 0. The zero-order valence-electron chi connectivity index (χ0n) is 15.7. The van der Waals surface area contributed by atoms with Gasteiger partial charge < -0.3 is 10.6 Å². The summed E-state index contributed by atoms with van der Waals surface area (Å²) in [4.78, 5) is 28.5. The van der Waals surface area contributed by atoms with Crippen LogP contribution in [-0.2, 0) is 9.59 Å². The minimum Gasteiger partial charge on any atom is -0.307 e. The maximum absolute atomic E-state index is 12.1. The Kier molecular flexibility index (Phi) is 7.70. The highest BCUT2D eigenvalue weighted by Gasteiger charge is 2.03. The maximum atomic E-state index is 12.1. The third kappa shape index (κ3) is 7.09. The van der Waals surface area contributed by atoms with Crippen molar-refractivity contribution in [3.8, 4) is 0 Å². The molecule has 1 aromatic heterocycles. The fraction of sp³-hybridized carbons (Fsp3) is 0. The number of anilines is 2. The molecule has 0 saturated carbocycles. The maximum Gasteiger partial charge on any atom is 0.249 e. The standard InChI is InChI=1S/C23H17Br2N3O2/c24-18-10-4-16(5-11-18)8-14-22(29)27-20-2-1-3-21(26-20)28-23(30)15-9-17-6-12-19(25)13-7-17/h1-15H,(H2,26,27,28,29,30)/b14-8+,15-9+. The smallest absolute Gasteiger partial charge is 0.249 e. The highest BCUT2D eigenvalue weighted by molar-refractivity contribution is 9.10. The summed E-state index contributed by atoms with van der Waals surface area (Å²) in [5.74, 6) is 0.0540. The van der Waals surface area contributed by atoms with Gasteiger partial charge in [0.15, 0.2) is 0 Å². The van der Waals surface area contributed by atoms with Crippen LogP contribution in [0.15, 0.2) is 87.8 Å². The normalized spacial score (nSPS) is 11.0. The summed E-state index contributed by atoms with van der Waals surface area (Å²) < 4.78 is 1.94. The van der Waals surface area contributed by atoms with Gasteiger partial charge in [0.2, 0.25) is 11.8 Å². The highest BCUT2D eigenvalue weighted by Crippen LogP contribution is 2.13. The molecular formula is C23H17Br2N3O2. The van der Waals surface area contributed by atoms with Crippen LogP contribution in [0.2, 0.25) is 0 Å². The van der Waals surface area contributed by atoms with Crippen molar-refractivity contribution in [1.29, 1.82) is 0 Å². The fourth-order valence-electron chi connectivity index (χ4n) is 2.40. The summed E-state index contributed by atoms with van der Waals surface area (Å²) >= 11 is 6.74. The van der Waals surface area contributed by atoms with E-state index >= 15 is 0 Å². The van der Waals surface area contributed by atoms with E-state index in [1.807, 2.05) is 48.5 Å². The first-order valence-electron chi connectivity index (χ1n) is 8.94. The van der Waals surface area contributed by atoms with Crippen LogP contribution >= 0.6 is 31.9 Å². The summed E-state index contributed by atoms with van der Waals surface area (Å²) in [6, 6.07) is 20.2. The molecule has 0 saturated heterocycles. The van der Waals surface area contributed by atoms with Crippen LogP contribution in [0.1, 0.15) is 11.1 Å². The molecule has 0 radical (unpaired) electrons. The van der Waals surface area contributed by atoms with Gasteiger partial charge in [-0.1, -0.05) is 62.2 Å². The summed E-state index contributed by atoms with van der Waals surface area (Å²) in [5.41, 5.74) is 1.81. The molecule has 0 aliphatic heterocycles. The Morgan fingerprint density at radius 2 is 1.07 bits per heavy atom. The van der Waals surface area contributed by atoms with Gasteiger partial charge in [0, 0.05) is 21.1 Å². The third-order valence-corrected chi connectivity index (χ3v) is 4.90. The van der Waals surface area contributed by atoms with E-state index in [2.05, 4.69) is 47.5 Å². The first-order valence-corrected chi connectivity index (χ1v) is 10.5. The molecular weight excluding hydrogens is 510 g/mol. The summed E-state index contributed by atoms with van der Waals surface area (Å²) in [6.45, 7) is 0. The fourth-order valence-corrected chi connectivity index (χ4v) is 2.93. The van der Waals surface area contributed by atoms with Gasteiger partial charge in [-0.05, 0) is 59.7 Å². The molecule has 0 fully saturated rings. The predicted molar refractivity (Wildman–Crippen MR) is 128 cm³/mol. The Balaban J connectivity index is 1.57. The number of amides is 2. The zero-order chi connectivity index (χ0) is 21.3. The molecule has 30 heavy (non-hydrogen) atoms. The molecule has 0 aliphatic rings. The number of rotatable bonds is 6. The number of halogens is 2. The van der Waals surface area contributed by atoms with Crippen molar-refractivity contribution in [3.05, 3.63) is 99.0 Å². The average molecular weight is 527 g/mol. The topological polar surface area (TPSA) is 71.1 Å². The van der Waals surface area contributed by atoms with Gasteiger partial charge in [-0.15, -0.1) is 0 Å². The van der Waals surface area contributed by atoms with Crippen molar-refractivity contribution in [2.75, 3.05) is 10.6 Å². The molecule has 3 aromatic rings. The second-order valence-electron chi connectivity index (χ2n) is 6.16. The number of carbonyl (C=O) groups is 2. The van der Waals surface area contributed by atoms with Crippen LogP contribution < -0.4 is 10.6 Å². The number of nitrogens with one attached hydrogen (secondary N) is 2. The number of hydrogen-bond acceptors (Lipinski definition) is 3. The second-order valence-corrected chi connectivity index (χ2v) is 7.99. The largest absolute Gasteiger partial charge is 0.307 e. The van der Waals surface area contributed by atoms with Gasteiger partial charge in [-0.2, -0.15) is 0 Å². The van der Waals surface area contributed by atoms with E-state index in [0.29, 0.717) is 11.6 Å². The lowest BCUT2D eigenvalue weighted by atomic mass is 10.2. The predicted octanol–water partition coefficient (Wildman–Crippen LogP) is 5.91. The average Bonchev–Trinajstić information content (AvgIpc) is 2.73. The van der Waals surface area contributed by atoms with Gasteiger partial charge in [0.05, 0.1) is 0 Å².